The Labute approximate surface area is 829 Å². The first-order valence-electron chi connectivity index (χ1n) is 44.9. The van der Waals surface area contributed by atoms with Crippen LogP contribution in [0.25, 0.3) is 55.8 Å². The Morgan fingerprint density at radius 2 is 0.662 bits per heavy atom. The average Bonchev–Trinajstić information content (AvgIpc) is 1.62. The maximum absolute atomic E-state index is 12.5. The number of nitrogens with zero attached hydrogens (tertiary/aromatic N) is 22. The monoisotopic (exact) mass is 2270 g/mol. The van der Waals surface area contributed by atoms with Crippen molar-refractivity contribution in [1.82, 2.24) is 107 Å². The molecule has 10 aromatic rings. The molecule has 17 heterocycles. The number of aliphatic hydroxyl groups excluding tert-OH is 2. The second kappa shape index (κ2) is 50.6. The number of anilines is 5. The van der Waals surface area contributed by atoms with Gasteiger partial charge in [0.2, 0.25) is 0 Å². The van der Waals surface area contributed by atoms with Crippen LogP contribution < -0.4 is 28.7 Å². The number of ether oxygens (including phenoxy) is 14. The van der Waals surface area contributed by atoms with E-state index >= 15 is 0 Å². The van der Waals surface area contributed by atoms with E-state index in [-0.39, 0.29) is 126 Å². The van der Waals surface area contributed by atoms with Crippen LogP contribution in [0.5, 0.6) is 0 Å². The summed E-state index contributed by atoms with van der Waals surface area (Å²) in [7, 11) is 0. The van der Waals surface area contributed by atoms with Gasteiger partial charge in [0.15, 0.2) is 0 Å². The molecule has 50 nitrogen and oxygen atoms in total. The van der Waals surface area contributed by atoms with E-state index in [1.165, 1.54) is 90.1 Å². The third kappa shape index (κ3) is 25.4. The zero-order valence-electron chi connectivity index (χ0n) is 78.4. The first-order valence-corrected chi connectivity index (χ1v) is 59.5. The van der Waals surface area contributed by atoms with Gasteiger partial charge in [0.05, 0.1) is 0 Å². The number of imidazole rings is 5. The second-order valence-corrected chi connectivity index (χ2v) is 42.1. The van der Waals surface area contributed by atoms with Crippen molar-refractivity contribution in [2.45, 2.75) is 278 Å². The summed E-state index contributed by atoms with van der Waals surface area (Å²) >= 11 is 1.45. The van der Waals surface area contributed by atoms with Gasteiger partial charge in [0.1, 0.15) is 0 Å². The Morgan fingerprint density at radius 1 is 0.360 bits per heavy atom. The number of aliphatic hydroxyl groups is 2. The van der Waals surface area contributed by atoms with E-state index in [0.29, 0.717) is 150 Å². The Bertz CT molecular complexity index is 5780. The molecule has 0 aromatic carbocycles. The molecule has 5 unspecified atom stereocenters. The number of carbonyl (C=O) groups is 7. The van der Waals surface area contributed by atoms with Crippen LogP contribution in [0, 0.1) is 0 Å². The van der Waals surface area contributed by atoms with Gasteiger partial charge < -0.3 is 0 Å². The molecule has 0 radical (unpaired) electrons. The number of hydrogen-bond donors (Lipinski definition) is 7. The third-order valence-corrected chi connectivity index (χ3v) is 29.9. The van der Waals surface area contributed by atoms with Crippen molar-refractivity contribution in [3.05, 3.63) is 63.3 Å². The zero-order valence-corrected chi connectivity index (χ0v) is 87.0. The molecule has 139 heavy (non-hydrogen) atoms. The Hall–Kier alpha value is -9.96. The number of esters is 6. The van der Waals surface area contributed by atoms with Gasteiger partial charge >= 0.3 is 835 Å². The summed E-state index contributed by atoms with van der Waals surface area (Å²) in [6.45, 7) is 14.3. The summed E-state index contributed by atoms with van der Waals surface area (Å²) in [6.07, 6.45) is 7.03. The fourth-order valence-corrected chi connectivity index (χ4v) is 22.8. The van der Waals surface area contributed by atoms with Gasteiger partial charge in [-0.2, -0.15) is 0 Å². The molecular formula is C84H117N27O23Se5. The van der Waals surface area contributed by atoms with Crippen LogP contribution in [0.1, 0.15) is 130 Å². The van der Waals surface area contributed by atoms with E-state index in [1.807, 2.05) is 13.8 Å². The zero-order chi connectivity index (χ0) is 99.3. The molecule has 7 fully saturated rings. The average molecular weight is 2270 g/mol. The number of carbonyl (C=O) groups excluding carboxylic acids is 7. The molecule has 0 bridgehead atoms. The van der Waals surface area contributed by atoms with E-state index in [1.54, 1.807) is 47.9 Å². The van der Waals surface area contributed by atoms with Gasteiger partial charge in [-0.25, -0.2) is 0 Å². The van der Waals surface area contributed by atoms with Gasteiger partial charge in [-0.05, 0) is 0 Å². The Kier molecular flexibility index (Phi) is 38.7. The quantitative estimate of drug-likeness (QED) is 0.0185. The SMILES string of the molecule is CCC(=O)OC1[C@@H](C[Se]C)O[C@@H](n2cnc3c(N)ncnc32)[C@H]1OC(=O)CC.CCCC(=O)OC1[C@@H](C[Se]C)O[C@@H](n2cnc3c(N)ncnc32)[C@H]1OC(=O)CCC.C[Se]C[C@H]1O[C@@H](n2cnc3c(N)ncnc32)[C@@H](O)C1OC(=O)N1CCOCC1.C[Se]C[C@H]1O[C@@H](n2cnc3c(N)ncnc32)[C@@H](OC(C)=O)C1OC(C)=O.C[Se]C[C@H]1O[C@@H](n2cnc3c(N)ncnc32)[C@@H](OCN2CCCCC2)C1O. The molecule has 20 atom stereocenters. The van der Waals surface area contributed by atoms with Crippen molar-refractivity contribution in [1.29, 1.82) is 0 Å². The van der Waals surface area contributed by atoms with Crippen molar-refractivity contribution in [3.8, 4) is 0 Å². The molecule has 7 aliphatic rings. The number of piperidine rings is 1. The molecule has 17 rings (SSSR count). The van der Waals surface area contributed by atoms with Crippen LogP contribution in [0.3, 0.4) is 0 Å². The Morgan fingerprint density at radius 3 is 1.02 bits per heavy atom. The minimum absolute atomic E-state index is 0.194. The van der Waals surface area contributed by atoms with Crippen LogP contribution >= 0.6 is 0 Å². The summed E-state index contributed by atoms with van der Waals surface area (Å²) in [6, 6.07) is 0. The predicted molar refractivity (Wildman–Crippen MR) is 501 cm³/mol. The second-order valence-electron chi connectivity index (χ2n) is 32.6. The van der Waals surface area contributed by atoms with Crippen molar-refractivity contribution in [2.24, 2.45) is 0 Å². The molecule has 10 aromatic heterocycles. The van der Waals surface area contributed by atoms with Gasteiger partial charge in [-0.15, -0.1) is 0 Å². The summed E-state index contributed by atoms with van der Waals surface area (Å²) in [5.41, 5.74) is 34.0. The molecule has 55 heteroatoms. The molecule has 0 spiro atoms. The van der Waals surface area contributed by atoms with Crippen molar-refractivity contribution >= 4 is 202 Å². The summed E-state index contributed by atoms with van der Waals surface area (Å²) in [4.78, 5) is 151. The molecule has 1 amide bonds. The van der Waals surface area contributed by atoms with Crippen molar-refractivity contribution in [3.63, 3.8) is 0 Å². The summed E-state index contributed by atoms with van der Waals surface area (Å²) in [5.74, 6) is 9.26. The number of amides is 1. The number of rotatable bonds is 31. The molecule has 12 N–H and O–H groups in total. The van der Waals surface area contributed by atoms with E-state index < -0.39 is 141 Å². The van der Waals surface area contributed by atoms with E-state index in [2.05, 4.69) is 109 Å². The topological polar surface area (TPSA) is 644 Å². The number of aromatic nitrogens is 20. The van der Waals surface area contributed by atoms with Gasteiger partial charge in [0, 0.05) is 0 Å². The number of hydrogen-bond acceptors (Lipinski definition) is 44. The number of nitrogens with two attached hydrogens (primary N) is 5. The number of nitrogen functional groups attached to an aromatic ring is 5. The number of fused-ring (bicyclic) bond motifs is 5. The van der Waals surface area contributed by atoms with Crippen LogP contribution in [0.15, 0.2) is 63.3 Å². The number of likely N-dealkylation sites (tertiary alicyclic amines) is 1. The first kappa shape index (κ1) is 106. The molecule has 0 aliphatic carbocycles. The fraction of sp³-hybridized carbons (Fsp3) is 0.619. The summed E-state index contributed by atoms with van der Waals surface area (Å²) in [5, 5.41) is 25.4. The molecule has 7 aliphatic heterocycles. The maximum atomic E-state index is 12.5. The van der Waals surface area contributed by atoms with E-state index in [9.17, 15) is 43.8 Å². The Balaban J connectivity index is 0.000000147. The first-order chi connectivity index (χ1) is 67.2. The van der Waals surface area contributed by atoms with Crippen LogP contribution in [-0.4, -0.2) is 372 Å². The standard InChI is InChI=1S/C19H27N5O5Se.C17H26N6O3Se.C17H23N5O5Se.C16H22N6O5Se.C15H19N5O5Se/c1-4-6-12(25)28-15-11(8-30-3)27-19(16(15)29-13(26)7-5-2)24-10-23-14-17(20)21-9-22-18(14)24;1-27-7-11-13(24)14(25-10-22-5-3-2-4-6-22)17(26-11)23-9-21-12-15(18)19-8-20-16(12)23;1-4-10(23)26-13-9(6-28-3)25-17(14(13)27-11(24)5-2)22-8-21-12-15(18)19-7-20-16(12)22;1-28-6-9-12(27-16(24)21-2-4-25-5-3-21)11(23)15(26-9)22-8-20-10-13(17)18-7-19-14(10)22;1-7(21)23-11-9(4-26-3)25-15(12(11)24-8(2)22)20-6-19-10-13(16)17-5-18-14(10)20/h9-11,15-16,19H,4-8H2,1-3H3,(H2,20,21,22);8-9,11,13-14,17,24H,2-7,10H2,1H3,(H2,18,19,20);7-9,13-14,17H,4-6H2,1-3H3,(H2,18,19,20);7-9,11-12,15,23H,2-6H2,1H3,(H2,17,18,19);5-6,9,11-12,15H,4H2,1-3H3,(H2,16,17,18)/t11-,15?,16+,19-;11-,13?,14+,17-;9-,13?,14+,17-;9-,11+,12?,15-;9-,11?,12+,15-/m11111/s1. The van der Waals surface area contributed by atoms with Crippen LogP contribution in [-0.2, 0) is 95.1 Å². The van der Waals surface area contributed by atoms with Gasteiger partial charge in [-0.1, -0.05) is 0 Å². The minimum atomic E-state index is -1.06. The third-order valence-electron chi connectivity index (χ3n) is 23.0. The van der Waals surface area contributed by atoms with Crippen LogP contribution in [0.4, 0.5) is 33.9 Å². The van der Waals surface area contributed by atoms with Crippen LogP contribution in [0.2, 0.25) is 55.7 Å². The number of morpholine rings is 1. The van der Waals surface area contributed by atoms with E-state index in [4.69, 9.17) is 95.0 Å². The molecule has 0 saturated carbocycles. The van der Waals surface area contributed by atoms with Crippen molar-refractivity contribution < 1.29 is 110 Å². The summed E-state index contributed by atoms with van der Waals surface area (Å²) < 4.78 is 90.0. The normalized spacial score (nSPS) is 26.1. The molecule has 7 saturated heterocycles. The van der Waals surface area contributed by atoms with Crippen molar-refractivity contribution in [2.75, 3.05) is 74.8 Å². The molecule has 756 valence electrons. The predicted octanol–water partition coefficient (Wildman–Crippen LogP) is 3.70. The van der Waals surface area contributed by atoms with Gasteiger partial charge in [-0.3, -0.25) is 0 Å². The van der Waals surface area contributed by atoms with Gasteiger partial charge in [0.25, 0.3) is 0 Å². The molecular weight excluding hydrogens is 2150 g/mol. The fourth-order valence-electron chi connectivity index (χ4n) is 16.5. The van der Waals surface area contributed by atoms with E-state index in [0.717, 1.165) is 18.4 Å².